The third kappa shape index (κ3) is 3.00. The van der Waals surface area contributed by atoms with E-state index in [1.807, 2.05) is 43.3 Å². The van der Waals surface area contributed by atoms with Crippen LogP contribution in [0.25, 0.3) is 17.0 Å². The van der Waals surface area contributed by atoms with Crippen LogP contribution in [0, 0.1) is 0 Å². The van der Waals surface area contributed by atoms with E-state index in [1.54, 1.807) is 4.99 Å². The van der Waals surface area contributed by atoms with Gasteiger partial charge in [-0.25, -0.2) is 0 Å². The van der Waals surface area contributed by atoms with Crippen LogP contribution in [0.1, 0.15) is 12.7 Å². The molecule has 1 aromatic heterocycles. The zero-order chi connectivity index (χ0) is 12.8. The molecule has 4 nitrogen and oxygen atoms in total. The molecule has 1 N–H and O–H groups in total. The minimum Gasteiger partial charge on any atom is -0.354 e. The molecule has 0 atom stereocenters. The lowest BCUT2D eigenvalue weighted by Crippen LogP contribution is -2.11. The third-order valence-corrected chi connectivity index (χ3v) is 2.74. The first kappa shape index (κ1) is 12.9. The van der Waals surface area contributed by atoms with Gasteiger partial charge in [0.1, 0.15) is 11.4 Å². The number of halogens is 1. The smallest absolute Gasteiger partial charge is 0.186 e. The fraction of sp³-hybridized carbons (Fsp3) is 0.154. The number of nitrogens with one attached hydrogen (secondary N) is 1. The Morgan fingerprint density at radius 2 is 2.22 bits per heavy atom. The largest absolute Gasteiger partial charge is 0.354 e. The molecule has 0 aliphatic heterocycles. The predicted octanol–water partition coefficient (Wildman–Crippen LogP) is 3.58. The number of hydroxylamine groups is 1. The van der Waals surface area contributed by atoms with Gasteiger partial charge in [0.05, 0.1) is 6.61 Å². The summed E-state index contributed by atoms with van der Waals surface area (Å²) in [4.78, 5) is 6.81. The molecule has 0 saturated carbocycles. The van der Waals surface area contributed by atoms with Crippen LogP contribution in [0.3, 0.4) is 0 Å². The fourth-order valence-corrected chi connectivity index (χ4v) is 1.74. The molecule has 0 amide bonds. The monoisotopic (exact) mass is 308 g/mol. The van der Waals surface area contributed by atoms with Crippen molar-refractivity contribution in [3.63, 3.8) is 0 Å². The SMILES string of the molecule is CCONC(=CBr)c1cc(-c2ccccc2)no1. The summed E-state index contributed by atoms with van der Waals surface area (Å²) < 4.78 is 5.28. The highest BCUT2D eigenvalue weighted by Crippen LogP contribution is 2.22. The van der Waals surface area contributed by atoms with Crippen molar-refractivity contribution in [1.82, 2.24) is 10.6 Å². The molecule has 0 bridgehead atoms. The minimum atomic E-state index is 0.560. The quantitative estimate of drug-likeness (QED) is 0.858. The summed E-state index contributed by atoms with van der Waals surface area (Å²) in [5.74, 6) is 0.610. The molecule has 94 valence electrons. The van der Waals surface area contributed by atoms with Crippen LogP contribution in [0.4, 0.5) is 0 Å². The average Bonchev–Trinajstić information content (AvgIpc) is 2.90. The topological polar surface area (TPSA) is 47.3 Å². The molecule has 0 aliphatic rings. The lowest BCUT2D eigenvalue weighted by molar-refractivity contribution is 0.0884. The van der Waals surface area contributed by atoms with Crippen molar-refractivity contribution < 1.29 is 9.36 Å². The molecule has 0 fully saturated rings. The second-order valence-corrected chi connectivity index (χ2v) is 3.96. The minimum absolute atomic E-state index is 0.560. The maximum absolute atomic E-state index is 5.28. The Hall–Kier alpha value is -1.59. The number of hydrogen-bond donors (Lipinski definition) is 1. The Morgan fingerprint density at radius 3 is 2.89 bits per heavy atom. The van der Waals surface area contributed by atoms with Crippen molar-refractivity contribution in [2.75, 3.05) is 6.61 Å². The molecule has 5 heteroatoms. The third-order valence-electron chi connectivity index (χ3n) is 2.28. The number of aromatic nitrogens is 1. The molecule has 0 aliphatic carbocycles. The van der Waals surface area contributed by atoms with Crippen LogP contribution in [0.5, 0.6) is 0 Å². The zero-order valence-corrected chi connectivity index (χ0v) is 11.5. The number of benzene rings is 1. The number of rotatable bonds is 5. The van der Waals surface area contributed by atoms with Gasteiger partial charge in [-0.1, -0.05) is 51.4 Å². The van der Waals surface area contributed by atoms with Crippen molar-refractivity contribution in [3.8, 4) is 11.3 Å². The molecule has 2 aromatic rings. The summed E-state index contributed by atoms with van der Waals surface area (Å²) in [6.07, 6.45) is 0. The van der Waals surface area contributed by atoms with E-state index in [1.165, 1.54) is 0 Å². The van der Waals surface area contributed by atoms with Gasteiger partial charge in [-0.3, -0.25) is 10.3 Å². The molecule has 0 spiro atoms. The molecule has 2 rings (SSSR count). The van der Waals surface area contributed by atoms with E-state index >= 15 is 0 Å². The van der Waals surface area contributed by atoms with Gasteiger partial charge in [-0.15, -0.1) is 0 Å². The molecule has 0 radical (unpaired) electrons. The summed E-state index contributed by atoms with van der Waals surface area (Å²) in [5.41, 5.74) is 5.27. The normalized spacial score (nSPS) is 11.6. The number of hydrogen-bond acceptors (Lipinski definition) is 4. The van der Waals surface area contributed by atoms with Gasteiger partial charge in [-0.05, 0) is 6.92 Å². The summed E-state index contributed by atoms with van der Waals surface area (Å²) in [6, 6.07) is 11.7. The van der Waals surface area contributed by atoms with E-state index in [9.17, 15) is 0 Å². The Bertz CT molecular complexity index is 523. The highest BCUT2D eigenvalue weighted by molar-refractivity contribution is 9.11. The molecular weight excluding hydrogens is 296 g/mol. The molecule has 1 aromatic carbocycles. The van der Waals surface area contributed by atoms with E-state index in [0.717, 1.165) is 11.3 Å². The van der Waals surface area contributed by atoms with Gasteiger partial charge in [-0.2, -0.15) is 0 Å². The molecule has 1 heterocycles. The van der Waals surface area contributed by atoms with Gasteiger partial charge in [0, 0.05) is 16.6 Å². The highest BCUT2D eigenvalue weighted by Gasteiger charge is 2.10. The van der Waals surface area contributed by atoms with Gasteiger partial charge >= 0.3 is 0 Å². The molecule has 18 heavy (non-hydrogen) atoms. The van der Waals surface area contributed by atoms with Crippen molar-refractivity contribution >= 4 is 21.6 Å². The Morgan fingerprint density at radius 1 is 1.44 bits per heavy atom. The first-order valence-corrected chi connectivity index (χ1v) is 6.47. The van der Waals surface area contributed by atoms with Gasteiger partial charge < -0.3 is 4.52 Å². The summed E-state index contributed by atoms with van der Waals surface area (Å²) in [6.45, 7) is 2.46. The van der Waals surface area contributed by atoms with Gasteiger partial charge in [0.2, 0.25) is 0 Å². The Balaban J connectivity index is 2.20. The predicted molar refractivity (Wildman–Crippen MR) is 73.6 cm³/mol. The van der Waals surface area contributed by atoms with E-state index < -0.39 is 0 Å². The van der Waals surface area contributed by atoms with E-state index in [4.69, 9.17) is 9.36 Å². The maximum Gasteiger partial charge on any atom is 0.186 e. The van der Waals surface area contributed by atoms with Crippen molar-refractivity contribution in [3.05, 3.63) is 47.1 Å². The summed E-state index contributed by atoms with van der Waals surface area (Å²) >= 11 is 3.26. The summed E-state index contributed by atoms with van der Waals surface area (Å²) in [5, 5.41) is 4.03. The first-order valence-electron chi connectivity index (χ1n) is 5.56. The van der Waals surface area contributed by atoms with Crippen LogP contribution < -0.4 is 5.48 Å². The molecule has 0 saturated heterocycles. The second-order valence-electron chi connectivity index (χ2n) is 3.50. The van der Waals surface area contributed by atoms with Gasteiger partial charge in [0.15, 0.2) is 5.76 Å². The Labute approximate surface area is 114 Å². The van der Waals surface area contributed by atoms with Crippen LogP contribution in [-0.2, 0) is 4.84 Å². The van der Waals surface area contributed by atoms with Crippen LogP contribution >= 0.6 is 15.9 Å². The molecule has 0 unspecified atom stereocenters. The lowest BCUT2D eigenvalue weighted by Gasteiger charge is -2.04. The van der Waals surface area contributed by atoms with Crippen molar-refractivity contribution in [1.29, 1.82) is 0 Å². The highest BCUT2D eigenvalue weighted by atomic mass is 79.9. The van der Waals surface area contributed by atoms with Gasteiger partial charge in [0.25, 0.3) is 0 Å². The Kier molecular flexibility index (Phi) is 4.55. The van der Waals surface area contributed by atoms with Crippen LogP contribution in [-0.4, -0.2) is 11.8 Å². The van der Waals surface area contributed by atoms with Crippen LogP contribution in [0.15, 0.2) is 45.9 Å². The van der Waals surface area contributed by atoms with Crippen molar-refractivity contribution in [2.24, 2.45) is 0 Å². The van der Waals surface area contributed by atoms with E-state index in [0.29, 0.717) is 18.1 Å². The second kappa shape index (κ2) is 6.37. The standard InChI is InChI=1S/C13H13BrN2O2/c1-2-17-15-12(9-14)13-8-11(16-18-13)10-6-4-3-5-7-10/h3-9,15H,2H2,1H3. The molecular formula is C13H13BrN2O2. The van der Waals surface area contributed by atoms with E-state index in [-0.39, 0.29) is 0 Å². The lowest BCUT2D eigenvalue weighted by atomic mass is 10.1. The maximum atomic E-state index is 5.28. The van der Waals surface area contributed by atoms with E-state index in [2.05, 4.69) is 26.6 Å². The summed E-state index contributed by atoms with van der Waals surface area (Å²) in [7, 11) is 0. The van der Waals surface area contributed by atoms with Crippen LogP contribution in [0.2, 0.25) is 0 Å². The fourth-order valence-electron chi connectivity index (χ4n) is 1.42. The van der Waals surface area contributed by atoms with Crippen molar-refractivity contribution in [2.45, 2.75) is 6.92 Å². The zero-order valence-electron chi connectivity index (χ0n) is 9.89. The average molecular weight is 309 g/mol. The number of nitrogens with zero attached hydrogens (tertiary/aromatic N) is 1. The first-order chi connectivity index (χ1) is 8.85.